The van der Waals surface area contributed by atoms with Gasteiger partial charge in [-0.05, 0) is 42.5 Å². The van der Waals surface area contributed by atoms with Crippen molar-refractivity contribution < 1.29 is 0 Å². The summed E-state index contributed by atoms with van der Waals surface area (Å²) in [5, 5.41) is 4.63. The van der Waals surface area contributed by atoms with Gasteiger partial charge in [0.25, 0.3) is 0 Å². The molecule has 1 aromatic rings. The summed E-state index contributed by atoms with van der Waals surface area (Å²) in [7, 11) is 0. The fraction of sp³-hybridized carbons (Fsp3) is 0.700. The number of aromatic nitrogens is 1. The minimum atomic E-state index is 0.564. The zero-order chi connectivity index (χ0) is 10.9. The zero-order valence-corrected chi connectivity index (χ0v) is 10.8. The van der Waals surface area contributed by atoms with Crippen molar-refractivity contribution in [1.29, 1.82) is 0 Å². The molecule has 0 aromatic carbocycles. The Labute approximate surface area is 99.0 Å². The van der Waals surface area contributed by atoms with Crippen molar-refractivity contribution in [1.82, 2.24) is 4.37 Å². The first-order valence-corrected chi connectivity index (χ1v) is 7.23. The SMILES string of the molecule is CCC1(CNc2snc(N)c2SC)CC1. The molecule has 3 N–H and O–H groups in total. The van der Waals surface area contributed by atoms with Gasteiger partial charge in [-0.1, -0.05) is 6.92 Å². The predicted molar refractivity (Wildman–Crippen MR) is 68.8 cm³/mol. The molecule has 0 amide bonds. The van der Waals surface area contributed by atoms with Crippen LogP contribution in [0.2, 0.25) is 0 Å². The van der Waals surface area contributed by atoms with E-state index in [1.807, 2.05) is 6.26 Å². The van der Waals surface area contributed by atoms with E-state index in [2.05, 4.69) is 16.6 Å². The van der Waals surface area contributed by atoms with Crippen LogP contribution in [0.25, 0.3) is 0 Å². The monoisotopic (exact) mass is 243 g/mol. The molecule has 1 aromatic heterocycles. The van der Waals surface area contributed by atoms with Gasteiger partial charge in [0.15, 0.2) is 5.82 Å². The zero-order valence-electron chi connectivity index (χ0n) is 9.17. The predicted octanol–water partition coefficient (Wildman–Crippen LogP) is 3.05. The van der Waals surface area contributed by atoms with Crippen molar-refractivity contribution in [2.75, 3.05) is 23.9 Å². The molecule has 0 bridgehead atoms. The maximum atomic E-state index is 5.78. The van der Waals surface area contributed by atoms with Gasteiger partial charge in [-0.2, -0.15) is 4.37 Å². The molecule has 0 unspecified atom stereocenters. The number of nitrogens with one attached hydrogen (secondary N) is 1. The van der Waals surface area contributed by atoms with Gasteiger partial charge in [-0.15, -0.1) is 11.8 Å². The summed E-state index contributed by atoms with van der Waals surface area (Å²) in [5.74, 6) is 0.663. The van der Waals surface area contributed by atoms with Crippen LogP contribution in [-0.4, -0.2) is 17.2 Å². The minimum absolute atomic E-state index is 0.564. The molecular weight excluding hydrogens is 226 g/mol. The molecule has 3 nitrogen and oxygen atoms in total. The second-order valence-electron chi connectivity index (χ2n) is 4.14. The molecule has 2 rings (SSSR count). The summed E-state index contributed by atoms with van der Waals surface area (Å²) in [5.41, 5.74) is 6.34. The van der Waals surface area contributed by atoms with Gasteiger partial charge in [0.1, 0.15) is 5.00 Å². The highest BCUT2D eigenvalue weighted by molar-refractivity contribution is 7.99. The Morgan fingerprint density at radius 3 is 2.87 bits per heavy atom. The quantitative estimate of drug-likeness (QED) is 0.780. The largest absolute Gasteiger partial charge is 0.382 e. The second kappa shape index (κ2) is 4.22. The first-order chi connectivity index (χ1) is 7.21. The molecule has 1 aliphatic carbocycles. The number of nitrogens with two attached hydrogens (primary N) is 1. The highest BCUT2D eigenvalue weighted by Gasteiger charge is 2.40. The van der Waals surface area contributed by atoms with E-state index in [4.69, 9.17) is 5.73 Å². The fourth-order valence-electron chi connectivity index (χ4n) is 1.70. The molecule has 0 radical (unpaired) electrons. The third-order valence-electron chi connectivity index (χ3n) is 3.21. The number of thioether (sulfide) groups is 1. The van der Waals surface area contributed by atoms with Gasteiger partial charge in [0, 0.05) is 6.54 Å². The Hall–Kier alpha value is -0.420. The van der Waals surface area contributed by atoms with Crippen LogP contribution < -0.4 is 11.1 Å². The molecule has 15 heavy (non-hydrogen) atoms. The number of hydrogen-bond acceptors (Lipinski definition) is 5. The van der Waals surface area contributed by atoms with E-state index in [0.717, 1.165) is 16.4 Å². The van der Waals surface area contributed by atoms with E-state index in [1.54, 1.807) is 11.8 Å². The second-order valence-corrected chi connectivity index (χ2v) is 5.73. The number of rotatable bonds is 5. The van der Waals surface area contributed by atoms with Crippen LogP contribution in [0.4, 0.5) is 10.8 Å². The number of hydrogen-bond donors (Lipinski definition) is 2. The van der Waals surface area contributed by atoms with Crippen molar-refractivity contribution in [2.45, 2.75) is 31.1 Å². The van der Waals surface area contributed by atoms with Crippen molar-refractivity contribution in [3.63, 3.8) is 0 Å². The van der Waals surface area contributed by atoms with E-state index in [0.29, 0.717) is 11.2 Å². The third kappa shape index (κ3) is 2.23. The van der Waals surface area contributed by atoms with E-state index < -0.39 is 0 Å². The van der Waals surface area contributed by atoms with Gasteiger partial charge < -0.3 is 11.1 Å². The first kappa shape index (κ1) is 11.1. The minimum Gasteiger partial charge on any atom is -0.382 e. The highest BCUT2D eigenvalue weighted by atomic mass is 32.2. The van der Waals surface area contributed by atoms with Crippen LogP contribution in [-0.2, 0) is 0 Å². The van der Waals surface area contributed by atoms with Crippen molar-refractivity contribution in [3.8, 4) is 0 Å². The van der Waals surface area contributed by atoms with Crippen LogP contribution in [0.3, 0.4) is 0 Å². The van der Waals surface area contributed by atoms with E-state index in [9.17, 15) is 0 Å². The maximum Gasteiger partial charge on any atom is 0.153 e. The lowest BCUT2D eigenvalue weighted by molar-refractivity contribution is 0.521. The summed E-state index contributed by atoms with van der Waals surface area (Å²) in [6.07, 6.45) is 6.03. The van der Waals surface area contributed by atoms with E-state index in [1.165, 1.54) is 30.8 Å². The first-order valence-electron chi connectivity index (χ1n) is 5.24. The van der Waals surface area contributed by atoms with Gasteiger partial charge in [0.2, 0.25) is 0 Å². The number of nitrogen functional groups attached to an aromatic ring is 1. The van der Waals surface area contributed by atoms with Crippen LogP contribution in [0.5, 0.6) is 0 Å². The number of anilines is 2. The topological polar surface area (TPSA) is 50.9 Å². The molecule has 84 valence electrons. The molecule has 1 aliphatic rings. The molecule has 5 heteroatoms. The Bertz CT molecular complexity index is 344. The Morgan fingerprint density at radius 2 is 2.33 bits per heavy atom. The third-order valence-corrected chi connectivity index (χ3v) is 4.98. The average Bonchev–Trinajstić information content (AvgIpc) is 2.95. The van der Waals surface area contributed by atoms with Gasteiger partial charge in [-0.3, -0.25) is 0 Å². The summed E-state index contributed by atoms with van der Waals surface area (Å²) in [4.78, 5) is 1.10. The summed E-state index contributed by atoms with van der Waals surface area (Å²) >= 11 is 3.14. The Morgan fingerprint density at radius 1 is 1.60 bits per heavy atom. The summed E-state index contributed by atoms with van der Waals surface area (Å²) in [6.45, 7) is 3.34. The standard InChI is InChI=1S/C10H17N3S2/c1-3-10(4-5-10)6-12-9-7(14-2)8(11)13-15-9/h12H,3-6H2,1-2H3,(H2,11,13). The van der Waals surface area contributed by atoms with Gasteiger partial charge in [-0.25, -0.2) is 0 Å². The highest BCUT2D eigenvalue weighted by Crippen LogP contribution is 2.49. The molecule has 0 aliphatic heterocycles. The molecule has 0 spiro atoms. The van der Waals surface area contributed by atoms with Crippen molar-refractivity contribution in [2.24, 2.45) is 5.41 Å². The summed E-state index contributed by atoms with van der Waals surface area (Å²) < 4.78 is 4.17. The van der Waals surface area contributed by atoms with Crippen molar-refractivity contribution >= 4 is 34.1 Å². The molecule has 1 saturated carbocycles. The fourth-order valence-corrected chi connectivity index (χ4v) is 3.24. The molecular formula is C10H17N3S2. The average molecular weight is 243 g/mol. The van der Waals surface area contributed by atoms with Gasteiger partial charge in [0.05, 0.1) is 4.90 Å². The molecule has 0 saturated heterocycles. The lowest BCUT2D eigenvalue weighted by Crippen LogP contribution is -2.13. The lowest BCUT2D eigenvalue weighted by atomic mass is 10.0. The van der Waals surface area contributed by atoms with Crippen LogP contribution in [0.1, 0.15) is 26.2 Å². The molecule has 1 heterocycles. The molecule has 1 fully saturated rings. The lowest BCUT2D eigenvalue weighted by Gasteiger charge is -2.13. The molecule has 0 atom stereocenters. The van der Waals surface area contributed by atoms with Crippen LogP contribution in [0.15, 0.2) is 4.90 Å². The van der Waals surface area contributed by atoms with E-state index >= 15 is 0 Å². The van der Waals surface area contributed by atoms with E-state index in [-0.39, 0.29) is 0 Å². The maximum absolute atomic E-state index is 5.78. The number of nitrogens with zero attached hydrogens (tertiary/aromatic N) is 1. The van der Waals surface area contributed by atoms with Gasteiger partial charge >= 0.3 is 0 Å². The normalized spacial score (nSPS) is 17.7. The Balaban J connectivity index is 1.98. The van der Waals surface area contributed by atoms with Crippen LogP contribution >= 0.6 is 23.3 Å². The smallest absolute Gasteiger partial charge is 0.153 e. The van der Waals surface area contributed by atoms with Crippen LogP contribution in [0, 0.1) is 5.41 Å². The Kier molecular flexibility index (Phi) is 3.11. The van der Waals surface area contributed by atoms with Crippen molar-refractivity contribution in [3.05, 3.63) is 0 Å². The summed E-state index contributed by atoms with van der Waals surface area (Å²) in [6, 6.07) is 0.